The molecule has 0 radical (unpaired) electrons. The van der Waals surface area contributed by atoms with Crippen LogP contribution < -0.4 is 0 Å². The van der Waals surface area contributed by atoms with E-state index in [-0.39, 0.29) is 11.3 Å². The summed E-state index contributed by atoms with van der Waals surface area (Å²) < 4.78 is 4.50. The SMILES string of the molecule is CC(=O)OC1=CC(=O)C(O)=C(C)C1=O. The number of ketones is 2. The van der Waals surface area contributed by atoms with Gasteiger partial charge in [0.2, 0.25) is 11.6 Å². The van der Waals surface area contributed by atoms with Crippen molar-refractivity contribution in [1.29, 1.82) is 0 Å². The molecule has 0 spiro atoms. The van der Waals surface area contributed by atoms with E-state index in [0.717, 1.165) is 13.0 Å². The topological polar surface area (TPSA) is 80.7 Å². The van der Waals surface area contributed by atoms with Gasteiger partial charge in [0.25, 0.3) is 0 Å². The number of Topliss-reactive ketones (excluding diaryl/α,β-unsaturated/α-hetero) is 1. The lowest BCUT2D eigenvalue weighted by Crippen LogP contribution is -2.20. The molecule has 0 aliphatic heterocycles. The average molecular weight is 196 g/mol. The van der Waals surface area contributed by atoms with Crippen LogP contribution in [0.5, 0.6) is 0 Å². The van der Waals surface area contributed by atoms with E-state index in [4.69, 9.17) is 5.11 Å². The lowest BCUT2D eigenvalue weighted by Gasteiger charge is -2.11. The van der Waals surface area contributed by atoms with Crippen molar-refractivity contribution in [3.05, 3.63) is 23.2 Å². The van der Waals surface area contributed by atoms with E-state index in [1.807, 2.05) is 0 Å². The Hall–Kier alpha value is -1.91. The summed E-state index contributed by atoms with van der Waals surface area (Å²) in [6.45, 7) is 2.40. The highest BCUT2D eigenvalue weighted by Gasteiger charge is 2.27. The fraction of sp³-hybridized carbons (Fsp3) is 0.222. The molecule has 0 amide bonds. The quantitative estimate of drug-likeness (QED) is 0.485. The highest BCUT2D eigenvalue weighted by molar-refractivity contribution is 6.21. The summed E-state index contributed by atoms with van der Waals surface area (Å²) in [5.41, 5.74) is -0.117. The van der Waals surface area contributed by atoms with E-state index in [1.54, 1.807) is 0 Å². The molecule has 5 heteroatoms. The summed E-state index contributed by atoms with van der Waals surface area (Å²) in [5.74, 6) is -3.04. The molecular formula is C9H8O5. The van der Waals surface area contributed by atoms with Crippen LogP contribution in [0, 0.1) is 0 Å². The van der Waals surface area contributed by atoms with Crippen molar-refractivity contribution in [2.75, 3.05) is 0 Å². The third kappa shape index (κ3) is 1.71. The van der Waals surface area contributed by atoms with Crippen molar-refractivity contribution in [3.8, 4) is 0 Å². The van der Waals surface area contributed by atoms with Crippen molar-refractivity contribution in [3.63, 3.8) is 0 Å². The van der Waals surface area contributed by atoms with Crippen LogP contribution in [0.1, 0.15) is 13.8 Å². The van der Waals surface area contributed by atoms with E-state index >= 15 is 0 Å². The molecule has 5 nitrogen and oxygen atoms in total. The Balaban J connectivity index is 3.03. The van der Waals surface area contributed by atoms with Gasteiger partial charge in [-0.3, -0.25) is 14.4 Å². The standard InChI is InChI=1S/C9H8O5/c1-4-8(12)6(11)3-7(9(4)13)14-5(2)10/h3,12H,1-2H3. The van der Waals surface area contributed by atoms with Crippen molar-refractivity contribution in [2.45, 2.75) is 13.8 Å². The number of carbonyl (C=O) groups is 3. The lowest BCUT2D eigenvalue weighted by atomic mass is 10.0. The summed E-state index contributed by atoms with van der Waals surface area (Å²) in [4.78, 5) is 32.9. The summed E-state index contributed by atoms with van der Waals surface area (Å²) >= 11 is 0. The lowest BCUT2D eigenvalue weighted by molar-refractivity contribution is -0.140. The van der Waals surface area contributed by atoms with E-state index in [0.29, 0.717) is 0 Å². The Labute approximate surface area is 79.7 Å². The smallest absolute Gasteiger partial charge is 0.308 e. The Bertz CT molecular complexity index is 386. The zero-order valence-electron chi connectivity index (χ0n) is 7.66. The number of ether oxygens (including phenoxy) is 1. The van der Waals surface area contributed by atoms with Crippen LogP contribution in [0.25, 0.3) is 0 Å². The molecule has 0 aromatic rings. The van der Waals surface area contributed by atoms with Gasteiger partial charge < -0.3 is 9.84 Å². The monoisotopic (exact) mass is 196 g/mol. The van der Waals surface area contributed by atoms with Crippen molar-refractivity contribution in [2.24, 2.45) is 0 Å². The summed E-state index contributed by atoms with van der Waals surface area (Å²) in [6.07, 6.45) is 0.798. The van der Waals surface area contributed by atoms with Crippen LogP contribution >= 0.6 is 0 Å². The molecule has 74 valence electrons. The van der Waals surface area contributed by atoms with Crippen LogP contribution in [0.3, 0.4) is 0 Å². The zero-order valence-corrected chi connectivity index (χ0v) is 7.66. The molecule has 0 saturated heterocycles. The second-order valence-electron chi connectivity index (χ2n) is 2.77. The first-order valence-electron chi connectivity index (χ1n) is 3.82. The highest BCUT2D eigenvalue weighted by Crippen LogP contribution is 2.17. The second-order valence-corrected chi connectivity index (χ2v) is 2.77. The summed E-state index contributed by atoms with van der Waals surface area (Å²) in [7, 11) is 0. The number of rotatable bonds is 1. The Morgan fingerprint density at radius 2 is 2.00 bits per heavy atom. The molecule has 1 aliphatic carbocycles. The van der Waals surface area contributed by atoms with Gasteiger partial charge >= 0.3 is 5.97 Å². The molecule has 0 fully saturated rings. The fourth-order valence-corrected chi connectivity index (χ4v) is 0.961. The van der Waals surface area contributed by atoms with Gasteiger partial charge in [0, 0.05) is 18.6 Å². The van der Waals surface area contributed by atoms with E-state index in [2.05, 4.69) is 4.74 Å². The van der Waals surface area contributed by atoms with Crippen LogP contribution in [0.15, 0.2) is 23.2 Å². The first-order valence-corrected chi connectivity index (χ1v) is 3.82. The summed E-state index contributed by atoms with van der Waals surface area (Å²) in [6, 6.07) is 0. The highest BCUT2D eigenvalue weighted by atomic mass is 16.5. The van der Waals surface area contributed by atoms with Gasteiger partial charge in [0.1, 0.15) is 0 Å². The van der Waals surface area contributed by atoms with Crippen LogP contribution in [0.4, 0.5) is 0 Å². The van der Waals surface area contributed by atoms with Crippen molar-refractivity contribution < 1.29 is 24.2 Å². The minimum absolute atomic E-state index is 0.117. The van der Waals surface area contributed by atoms with E-state index in [9.17, 15) is 14.4 Å². The fourth-order valence-electron chi connectivity index (χ4n) is 0.961. The molecule has 1 N–H and O–H groups in total. The zero-order chi connectivity index (χ0) is 10.9. The summed E-state index contributed by atoms with van der Waals surface area (Å²) in [5, 5.41) is 9.09. The first-order chi connectivity index (χ1) is 6.43. The third-order valence-electron chi connectivity index (χ3n) is 1.67. The largest absolute Gasteiger partial charge is 0.504 e. The maximum absolute atomic E-state index is 11.3. The Morgan fingerprint density at radius 1 is 1.43 bits per heavy atom. The van der Waals surface area contributed by atoms with Gasteiger partial charge in [-0.25, -0.2) is 0 Å². The predicted octanol–water partition coefficient (Wildman–Crippen LogP) is 0.417. The number of esters is 1. The van der Waals surface area contributed by atoms with Gasteiger partial charge in [-0.2, -0.15) is 0 Å². The molecule has 1 aliphatic rings. The number of aliphatic hydroxyl groups is 1. The molecule has 0 bridgehead atoms. The van der Waals surface area contributed by atoms with Gasteiger partial charge in [-0.15, -0.1) is 0 Å². The third-order valence-corrected chi connectivity index (χ3v) is 1.67. The molecule has 0 heterocycles. The number of hydrogen-bond acceptors (Lipinski definition) is 5. The average Bonchev–Trinajstić information content (AvgIpc) is 2.10. The van der Waals surface area contributed by atoms with Crippen LogP contribution in [-0.4, -0.2) is 22.6 Å². The number of hydrogen-bond donors (Lipinski definition) is 1. The van der Waals surface area contributed by atoms with Gasteiger partial charge in [-0.05, 0) is 6.92 Å². The second kappa shape index (κ2) is 3.45. The molecule has 0 unspecified atom stereocenters. The van der Waals surface area contributed by atoms with Crippen LogP contribution in [-0.2, 0) is 19.1 Å². The van der Waals surface area contributed by atoms with Gasteiger partial charge in [-0.1, -0.05) is 0 Å². The molecule has 0 aromatic heterocycles. The predicted molar refractivity (Wildman–Crippen MR) is 45.2 cm³/mol. The molecule has 0 saturated carbocycles. The van der Waals surface area contributed by atoms with E-state index in [1.165, 1.54) is 6.92 Å². The van der Waals surface area contributed by atoms with E-state index < -0.39 is 23.3 Å². The van der Waals surface area contributed by atoms with Crippen LogP contribution in [0.2, 0.25) is 0 Å². The van der Waals surface area contributed by atoms with Crippen molar-refractivity contribution >= 4 is 17.5 Å². The van der Waals surface area contributed by atoms with Gasteiger partial charge in [0.05, 0.1) is 0 Å². The Morgan fingerprint density at radius 3 is 2.50 bits per heavy atom. The molecular weight excluding hydrogens is 188 g/mol. The normalized spacial score (nSPS) is 16.9. The molecule has 1 rings (SSSR count). The number of aliphatic hydroxyl groups excluding tert-OH is 1. The molecule has 14 heavy (non-hydrogen) atoms. The Kier molecular flexibility index (Phi) is 2.51. The maximum Gasteiger partial charge on any atom is 0.308 e. The number of allylic oxidation sites excluding steroid dienone is 2. The minimum Gasteiger partial charge on any atom is -0.504 e. The van der Waals surface area contributed by atoms with Crippen molar-refractivity contribution in [1.82, 2.24) is 0 Å². The maximum atomic E-state index is 11.3. The molecule has 0 atom stereocenters. The minimum atomic E-state index is -0.738. The van der Waals surface area contributed by atoms with Gasteiger partial charge in [0.15, 0.2) is 11.5 Å². The molecule has 0 aromatic carbocycles. The first kappa shape index (κ1) is 10.2. The number of carbonyl (C=O) groups excluding carboxylic acids is 3.